The number of rotatable bonds is 4. The van der Waals surface area contributed by atoms with E-state index >= 15 is 0 Å². The van der Waals surface area contributed by atoms with Crippen LogP contribution in [0.2, 0.25) is 0 Å². The Hall–Kier alpha value is -0.390. The van der Waals surface area contributed by atoms with Crippen LogP contribution in [0.25, 0.3) is 0 Å². The lowest BCUT2D eigenvalue weighted by Crippen LogP contribution is -2.14. The first-order chi connectivity index (χ1) is 7.19. The van der Waals surface area contributed by atoms with Crippen LogP contribution in [-0.2, 0) is 16.1 Å². The number of carbonyl (C=O) groups excluding carboxylic acids is 1. The van der Waals surface area contributed by atoms with E-state index in [1.165, 1.54) is 0 Å². The molecule has 1 N–H and O–H groups in total. The van der Waals surface area contributed by atoms with Crippen molar-refractivity contribution in [2.24, 2.45) is 0 Å². The molecule has 1 amide bonds. The van der Waals surface area contributed by atoms with Gasteiger partial charge in [-0.2, -0.15) is 0 Å². The molecule has 0 heterocycles. The largest absolute Gasteiger partial charge is 0.380 e. The van der Waals surface area contributed by atoms with Gasteiger partial charge in [0.15, 0.2) is 0 Å². The predicted molar refractivity (Wildman–Crippen MR) is 67.3 cm³/mol. The molecule has 0 spiro atoms. The summed E-state index contributed by atoms with van der Waals surface area (Å²) in [6, 6.07) is 5.63. The molecule has 1 aromatic rings. The molecule has 0 aliphatic rings. The number of hydrogen-bond donors (Lipinski definition) is 1. The van der Waals surface area contributed by atoms with Crippen molar-refractivity contribution in [1.29, 1.82) is 0 Å². The zero-order valence-corrected chi connectivity index (χ0v) is 11.4. The fraction of sp³-hybridized carbons (Fsp3) is 0.300. The lowest BCUT2D eigenvalue weighted by Gasteiger charge is -2.11. The van der Waals surface area contributed by atoms with Crippen LogP contribution in [0.5, 0.6) is 0 Å². The van der Waals surface area contributed by atoms with E-state index in [1.54, 1.807) is 7.11 Å². The summed E-state index contributed by atoms with van der Waals surface area (Å²) in [6.07, 6.45) is 0. The number of nitrogens with one attached hydrogen (secondary N) is 1. The number of anilines is 1. The van der Waals surface area contributed by atoms with E-state index in [0.29, 0.717) is 6.61 Å². The minimum absolute atomic E-state index is 0.0783. The lowest BCUT2D eigenvalue weighted by atomic mass is 10.2. The zero-order valence-electron chi connectivity index (χ0n) is 8.22. The van der Waals surface area contributed by atoms with E-state index < -0.39 is 0 Å². The predicted octanol–water partition coefficient (Wildman–Crippen LogP) is 2.93. The van der Waals surface area contributed by atoms with E-state index in [-0.39, 0.29) is 11.2 Å². The van der Waals surface area contributed by atoms with Gasteiger partial charge in [-0.05, 0) is 12.1 Å². The molecular formula is C10H11Br2NO2. The van der Waals surface area contributed by atoms with Gasteiger partial charge in [0.05, 0.1) is 11.9 Å². The van der Waals surface area contributed by atoms with Gasteiger partial charge >= 0.3 is 0 Å². The van der Waals surface area contributed by atoms with Gasteiger partial charge in [-0.3, -0.25) is 4.79 Å². The molecule has 0 radical (unpaired) electrons. The standard InChI is InChI=1S/C10H11Br2NO2/c1-15-6-7-8(12)3-2-4-9(7)13-10(14)5-11/h2-4H,5-6H2,1H3,(H,13,14). The molecule has 0 bridgehead atoms. The molecule has 0 atom stereocenters. The van der Waals surface area contributed by atoms with Gasteiger partial charge in [0.1, 0.15) is 0 Å². The van der Waals surface area contributed by atoms with Crippen molar-refractivity contribution >= 4 is 43.5 Å². The Kier molecular flexibility index (Phi) is 5.28. The maximum Gasteiger partial charge on any atom is 0.235 e. The first-order valence-electron chi connectivity index (χ1n) is 4.31. The second kappa shape index (κ2) is 6.25. The maximum atomic E-state index is 11.2. The van der Waals surface area contributed by atoms with Crippen molar-refractivity contribution in [2.45, 2.75) is 6.61 Å². The third kappa shape index (κ3) is 3.59. The Morgan fingerprint density at radius 1 is 1.53 bits per heavy atom. The number of amides is 1. The van der Waals surface area contributed by atoms with E-state index in [9.17, 15) is 4.79 Å². The van der Waals surface area contributed by atoms with E-state index in [2.05, 4.69) is 37.2 Å². The topological polar surface area (TPSA) is 38.3 Å². The van der Waals surface area contributed by atoms with Crippen LogP contribution in [-0.4, -0.2) is 18.3 Å². The first-order valence-corrected chi connectivity index (χ1v) is 6.22. The highest BCUT2D eigenvalue weighted by Gasteiger charge is 2.08. The molecule has 0 aromatic heterocycles. The SMILES string of the molecule is COCc1c(Br)cccc1NC(=O)CBr. The van der Waals surface area contributed by atoms with Gasteiger partial charge in [0.2, 0.25) is 5.91 Å². The minimum atomic E-state index is -0.0783. The molecule has 0 fully saturated rings. The second-order valence-electron chi connectivity index (χ2n) is 2.88. The van der Waals surface area contributed by atoms with Crippen LogP contribution in [0.15, 0.2) is 22.7 Å². The Bertz CT molecular complexity index is 355. The van der Waals surface area contributed by atoms with Gasteiger partial charge in [-0.15, -0.1) is 0 Å². The van der Waals surface area contributed by atoms with Crippen molar-refractivity contribution < 1.29 is 9.53 Å². The van der Waals surface area contributed by atoms with Crippen molar-refractivity contribution in [3.63, 3.8) is 0 Å². The summed E-state index contributed by atoms with van der Waals surface area (Å²) < 4.78 is 6.00. The maximum absolute atomic E-state index is 11.2. The number of ether oxygens (including phenoxy) is 1. The van der Waals surface area contributed by atoms with Crippen molar-refractivity contribution in [1.82, 2.24) is 0 Å². The van der Waals surface area contributed by atoms with Crippen LogP contribution in [0.1, 0.15) is 5.56 Å². The third-order valence-electron chi connectivity index (χ3n) is 1.80. The fourth-order valence-electron chi connectivity index (χ4n) is 1.15. The molecule has 5 heteroatoms. The fourth-order valence-corrected chi connectivity index (χ4v) is 1.77. The molecule has 3 nitrogen and oxygen atoms in total. The summed E-state index contributed by atoms with van der Waals surface area (Å²) >= 11 is 6.52. The molecule has 0 saturated carbocycles. The van der Waals surface area contributed by atoms with Gasteiger partial charge in [0.25, 0.3) is 0 Å². The quantitative estimate of drug-likeness (QED) is 0.858. The highest BCUT2D eigenvalue weighted by atomic mass is 79.9. The van der Waals surface area contributed by atoms with Crippen LogP contribution in [0.3, 0.4) is 0 Å². The van der Waals surface area contributed by atoms with Crippen molar-refractivity contribution in [2.75, 3.05) is 17.8 Å². The van der Waals surface area contributed by atoms with Crippen LogP contribution < -0.4 is 5.32 Å². The number of hydrogen-bond acceptors (Lipinski definition) is 2. The number of alkyl halides is 1. The normalized spacial score (nSPS) is 10.1. The van der Waals surface area contributed by atoms with Gasteiger partial charge in [0, 0.05) is 22.8 Å². The lowest BCUT2D eigenvalue weighted by molar-refractivity contribution is -0.113. The van der Waals surface area contributed by atoms with Gasteiger partial charge in [-0.25, -0.2) is 0 Å². The molecule has 1 rings (SSSR count). The average Bonchev–Trinajstić information content (AvgIpc) is 2.23. The number of methoxy groups -OCH3 is 1. The molecular weight excluding hydrogens is 326 g/mol. The molecule has 82 valence electrons. The summed E-state index contributed by atoms with van der Waals surface area (Å²) in [6.45, 7) is 0.458. The summed E-state index contributed by atoms with van der Waals surface area (Å²) in [4.78, 5) is 11.2. The van der Waals surface area contributed by atoms with E-state index in [0.717, 1.165) is 15.7 Å². The van der Waals surface area contributed by atoms with Gasteiger partial charge < -0.3 is 10.1 Å². The molecule has 15 heavy (non-hydrogen) atoms. The minimum Gasteiger partial charge on any atom is -0.380 e. The highest BCUT2D eigenvalue weighted by molar-refractivity contribution is 9.10. The molecule has 0 aliphatic carbocycles. The number of carbonyl (C=O) groups is 1. The first kappa shape index (κ1) is 12.7. The van der Waals surface area contributed by atoms with Gasteiger partial charge in [-0.1, -0.05) is 37.9 Å². The molecule has 0 unspecified atom stereocenters. The van der Waals surface area contributed by atoms with Crippen LogP contribution >= 0.6 is 31.9 Å². The van der Waals surface area contributed by atoms with Crippen LogP contribution in [0, 0.1) is 0 Å². The Labute approximate surface area is 105 Å². The van der Waals surface area contributed by atoms with Crippen molar-refractivity contribution in [3.8, 4) is 0 Å². The average molecular weight is 337 g/mol. The highest BCUT2D eigenvalue weighted by Crippen LogP contribution is 2.25. The zero-order chi connectivity index (χ0) is 11.3. The smallest absolute Gasteiger partial charge is 0.235 e. The van der Waals surface area contributed by atoms with E-state index in [4.69, 9.17) is 4.74 Å². The summed E-state index contributed by atoms with van der Waals surface area (Å²) in [7, 11) is 1.62. The summed E-state index contributed by atoms with van der Waals surface area (Å²) in [5.41, 5.74) is 1.71. The molecule has 1 aromatic carbocycles. The summed E-state index contributed by atoms with van der Waals surface area (Å²) in [5.74, 6) is -0.0783. The Morgan fingerprint density at radius 2 is 2.27 bits per heavy atom. The molecule has 0 aliphatic heterocycles. The van der Waals surface area contributed by atoms with E-state index in [1.807, 2.05) is 18.2 Å². The van der Waals surface area contributed by atoms with Crippen LogP contribution in [0.4, 0.5) is 5.69 Å². The number of halogens is 2. The second-order valence-corrected chi connectivity index (χ2v) is 4.30. The summed E-state index contributed by atoms with van der Waals surface area (Å²) in [5, 5.41) is 3.07. The monoisotopic (exact) mass is 335 g/mol. The number of benzene rings is 1. The Morgan fingerprint density at radius 3 is 2.87 bits per heavy atom. The molecule has 0 saturated heterocycles. The third-order valence-corrected chi connectivity index (χ3v) is 3.06. The van der Waals surface area contributed by atoms with Crippen molar-refractivity contribution in [3.05, 3.63) is 28.2 Å². The Balaban J connectivity index is 2.94.